The minimum absolute atomic E-state index is 0.00830. The number of alkyl halides is 3. The molecule has 2 heterocycles. The number of nitrogen functional groups attached to an aromatic ring is 1. The molecule has 0 bridgehead atoms. The van der Waals surface area contributed by atoms with E-state index < -0.39 is 22.7 Å². The van der Waals surface area contributed by atoms with Gasteiger partial charge in [0.25, 0.3) is 0 Å². The number of hydrogen-bond acceptors (Lipinski definition) is 6. The summed E-state index contributed by atoms with van der Waals surface area (Å²) in [6.07, 6.45) is -3.12. The summed E-state index contributed by atoms with van der Waals surface area (Å²) in [6, 6.07) is 0. The number of rotatable bonds is 2. The topological polar surface area (TPSA) is 98.2 Å². The Morgan fingerprint density at radius 1 is 1.50 bits per heavy atom. The van der Waals surface area contributed by atoms with E-state index in [-0.39, 0.29) is 37.7 Å². The number of hydrogen-bond donors (Lipinski definition) is 1. The Morgan fingerprint density at radius 3 is 2.80 bits per heavy atom. The minimum atomic E-state index is -4.33. The van der Waals surface area contributed by atoms with Crippen molar-refractivity contribution in [1.82, 2.24) is 9.97 Å². The van der Waals surface area contributed by atoms with Crippen LogP contribution in [0.3, 0.4) is 0 Å². The molecule has 0 aromatic carbocycles. The van der Waals surface area contributed by atoms with Gasteiger partial charge in [0.15, 0.2) is 0 Å². The van der Waals surface area contributed by atoms with E-state index >= 15 is 0 Å². The maximum atomic E-state index is 12.8. The Balaban J connectivity index is 2.31. The Hall–Kier alpha value is -2.13. The molecule has 0 spiro atoms. The fourth-order valence-electron chi connectivity index (χ4n) is 2.18. The fraction of sp³-hybridized carbons (Fsp3) is 0.600. The third-order valence-corrected chi connectivity index (χ3v) is 3.15. The van der Waals surface area contributed by atoms with Gasteiger partial charge >= 0.3 is 11.9 Å². The van der Waals surface area contributed by atoms with Crippen molar-refractivity contribution >= 4 is 17.5 Å². The Morgan fingerprint density at radius 2 is 2.20 bits per heavy atom. The lowest BCUT2D eigenvalue weighted by Gasteiger charge is -2.34. The molecule has 1 saturated heterocycles. The molecule has 0 radical (unpaired) electrons. The van der Waals surface area contributed by atoms with E-state index in [2.05, 4.69) is 9.97 Å². The second-order valence-corrected chi connectivity index (χ2v) is 4.52. The Bertz CT molecular complexity index is 522. The van der Waals surface area contributed by atoms with E-state index in [1.54, 1.807) is 0 Å². The highest BCUT2D eigenvalue weighted by Crippen LogP contribution is 2.36. The van der Waals surface area contributed by atoms with E-state index in [4.69, 9.17) is 5.73 Å². The van der Waals surface area contributed by atoms with E-state index in [9.17, 15) is 23.3 Å². The highest BCUT2D eigenvalue weighted by molar-refractivity contribution is 5.58. The van der Waals surface area contributed by atoms with Crippen molar-refractivity contribution in [2.24, 2.45) is 5.92 Å². The molecule has 1 aromatic rings. The quantitative estimate of drug-likeness (QED) is 0.658. The van der Waals surface area contributed by atoms with Crippen molar-refractivity contribution < 1.29 is 18.1 Å². The van der Waals surface area contributed by atoms with E-state index in [0.717, 1.165) is 6.20 Å². The molecule has 2 rings (SSSR count). The molecule has 2 N–H and O–H groups in total. The summed E-state index contributed by atoms with van der Waals surface area (Å²) < 4.78 is 38.3. The maximum absolute atomic E-state index is 12.8. The molecular weight excluding hydrogens is 279 g/mol. The number of piperidine rings is 1. The summed E-state index contributed by atoms with van der Waals surface area (Å²) >= 11 is 0. The van der Waals surface area contributed by atoms with Gasteiger partial charge in [-0.15, -0.1) is 0 Å². The summed E-state index contributed by atoms with van der Waals surface area (Å²) in [5.74, 6) is -1.89. The maximum Gasteiger partial charge on any atom is 0.393 e. The average Bonchev–Trinajstić information content (AvgIpc) is 2.37. The molecule has 7 nitrogen and oxygen atoms in total. The predicted molar refractivity (Wildman–Crippen MR) is 64.1 cm³/mol. The first-order valence-corrected chi connectivity index (χ1v) is 5.87. The van der Waals surface area contributed by atoms with Crippen LogP contribution in [0.1, 0.15) is 12.8 Å². The van der Waals surface area contributed by atoms with Crippen LogP contribution in [0.5, 0.6) is 0 Å². The smallest absolute Gasteiger partial charge is 0.368 e. The Labute approximate surface area is 111 Å². The molecule has 0 amide bonds. The number of nitrogens with zero attached hydrogens (tertiary/aromatic N) is 4. The van der Waals surface area contributed by atoms with Gasteiger partial charge in [0, 0.05) is 13.1 Å². The molecule has 10 heteroatoms. The summed E-state index contributed by atoms with van der Waals surface area (Å²) in [4.78, 5) is 18.6. The highest BCUT2D eigenvalue weighted by Gasteiger charge is 2.43. The average molecular weight is 291 g/mol. The van der Waals surface area contributed by atoms with Crippen LogP contribution in [-0.4, -0.2) is 34.2 Å². The lowest BCUT2D eigenvalue weighted by molar-refractivity contribution is -0.384. The third kappa shape index (κ3) is 2.89. The number of nitro groups is 1. The normalized spacial score (nSPS) is 19.9. The molecule has 1 aliphatic heterocycles. The zero-order chi connectivity index (χ0) is 14.9. The van der Waals surface area contributed by atoms with Crippen molar-refractivity contribution in [3.8, 4) is 0 Å². The van der Waals surface area contributed by atoms with Crippen molar-refractivity contribution in [2.45, 2.75) is 19.0 Å². The van der Waals surface area contributed by atoms with E-state index in [1.165, 1.54) is 4.90 Å². The molecule has 1 unspecified atom stereocenters. The van der Waals surface area contributed by atoms with Gasteiger partial charge in [-0.1, -0.05) is 0 Å². The first kappa shape index (κ1) is 14.3. The zero-order valence-corrected chi connectivity index (χ0v) is 10.3. The Kier molecular flexibility index (Phi) is 3.64. The second kappa shape index (κ2) is 5.10. The van der Waals surface area contributed by atoms with Gasteiger partial charge in [-0.25, -0.2) is 4.98 Å². The number of aromatic nitrogens is 2. The standard InChI is InChI=1S/C10H12F3N5O2/c11-10(12,13)6-2-1-3-17(5-6)8-7(18(19)20)4-15-9(14)16-8/h4,6H,1-3,5H2,(H2,14,15,16). The van der Waals surface area contributed by atoms with Crippen LogP contribution in [0, 0.1) is 16.0 Å². The summed E-state index contributed by atoms with van der Waals surface area (Å²) in [7, 11) is 0. The van der Waals surface area contributed by atoms with E-state index in [0.29, 0.717) is 0 Å². The molecule has 0 aliphatic carbocycles. The van der Waals surface area contributed by atoms with Gasteiger partial charge in [0.1, 0.15) is 6.20 Å². The molecule has 1 aliphatic rings. The van der Waals surface area contributed by atoms with Gasteiger partial charge in [-0.05, 0) is 12.8 Å². The first-order chi connectivity index (χ1) is 9.29. The van der Waals surface area contributed by atoms with Crippen LogP contribution in [0.25, 0.3) is 0 Å². The molecule has 1 aromatic heterocycles. The van der Waals surface area contributed by atoms with Crippen molar-refractivity contribution in [3.63, 3.8) is 0 Å². The molecule has 20 heavy (non-hydrogen) atoms. The van der Waals surface area contributed by atoms with Crippen molar-refractivity contribution in [3.05, 3.63) is 16.3 Å². The number of nitrogens with two attached hydrogens (primary N) is 1. The van der Waals surface area contributed by atoms with Gasteiger partial charge in [0.2, 0.25) is 11.8 Å². The van der Waals surface area contributed by atoms with Gasteiger partial charge in [-0.3, -0.25) is 10.1 Å². The first-order valence-electron chi connectivity index (χ1n) is 5.87. The number of halogens is 3. The van der Waals surface area contributed by atoms with Gasteiger partial charge in [0.05, 0.1) is 10.8 Å². The number of anilines is 2. The van der Waals surface area contributed by atoms with Crippen LogP contribution >= 0.6 is 0 Å². The molecule has 110 valence electrons. The van der Waals surface area contributed by atoms with Gasteiger partial charge < -0.3 is 10.6 Å². The summed E-state index contributed by atoms with van der Waals surface area (Å²) in [6.45, 7) is -0.0926. The molecule has 0 saturated carbocycles. The third-order valence-electron chi connectivity index (χ3n) is 3.15. The highest BCUT2D eigenvalue weighted by atomic mass is 19.4. The van der Waals surface area contributed by atoms with Crippen LogP contribution < -0.4 is 10.6 Å². The van der Waals surface area contributed by atoms with Crippen LogP contribution in [0.4, 0.5) is 30.6 Å². The van der Waals surface area contributed by atoms with Crippen LogP contribution in [0.15, 0.2) is 6.20 Å². The summed E-state index contributed by atoms with van der Waals surface area (Å²) in [5, 5.41) is 10.9. The molecule has 1 fully saturated rings. The second-order valence-electron chi connectivity index (χ2n) is 4.52. The molecule has 1 atom stereocenters. The SMILES string of the molecule is Nc1ncc([N+](=O)[O-])c(N2CCCC(C(F)(F)F)C2)n1. The minimum Gasteiger partial charge on any atom is -0.368 e. The van der Waals surface area contributed by atoms with E-state index in [1.807, 2.05) is 0 Å². The fourth-order valence-corrected chi connectivity index (χ4v) is 2.18. The summed E-state index contributed by atoms with van der Waals surface area (Å²) in [5.41, 5.74) is 4.92. The van der Waals surface area contributed by atoms with Crippen LogP contribution in [-0.2, 0) is 0 Å². The lowest BCUT2D eigenvalue weighted by Crippen LogP contribution is -2.42. The van der Waals surface area contributed by atoms with Crippen molar-refractivity contribution in [2.75, 3.05) is 23.7 Å². The predicted octanol–water partition coefficient (Wildman–Crippen LogP) is 1.75. The largest absolute Gasteiger partial charge is 0.393 e. The van der Waals surface area contributed by atoms with Gasteiger partial charge in [-0.2, -0.15) is 18.2 Å². The lowest BCUT2D eigenvalue weighted by atomic mass is 9.97. The zero-order valence-electron chi connectivity index (χ0n) is 10.3. The monoisotopic (exact) mass is 291 g/mol. The molecular formula is C10H12F3N5O2. The van der Waals surface area contributed by atoms with Crippen LogP contribution in [0.2, 0.25) is 0 Å². The van der Waals surface area contributed by atoms with Crippen molar-refractivity contribution in [1.29, 1.82) is 0 Å².